The summed E-state index contributed by atoms with van der Waals surface area (Å²) in [6.45, 7) is 5.44. The van der Waals surface area contributed by atoms with E-state index in [1.165, 1.54) is 0 Å². The van der Waals surface area contributed by atoms with Gasteiger partial charge in [0.05, 0.1) is 6.61 Å². The Kier molecular flexibility index (Phi) is 9.79. The van der Waals surface area contributed by atoms with Gasteiger partial charge >= 0.3 is 5.97 Å². The van der Waals surface area contributed by atoms with Crippen LogP contribution in [0.2, 0.25) is 0 Å². The molecule has 0 aromatic rings. The van der Waals surface area contributed by atoms with Gasteiger partial charge in [0, 0.05) is 13.2 Å². The van der Waals surface area contributed by atoms with Crippen molar-refractivity contribution < 1.29 is 28.3 Å². The highest BCUT2D eigenvalue weighted by atomic mass is 16.6. The van der Waals surface area contributed by atoms with Crippen LogP contribution in [-0.4, -0.2) is 66.3 Å². The summed E-state index contributed by atoms with van der Waals surface area (Å²) in [5.41, 5.74) is 0. The third kappa shape index (κ3) is 5.57. The van der Waals surface area contributed by atoms with E-state index >= 15 is 0 Å². The van der Waals surface area contributed by atoms with Crippen molar-refractivity contribution in [1.82, 2.24) is 0 Å². The number of hydrogen-bond acceptors (Lipinski definition) is 6. The molecule has 1 aliphatic heterocycles. The van der Waals surface area contributed by atoms with Gasteiger partial charge in [-0.2, -0.15) is 0 Å². The molecule has 1 fully saturated rings. The van der Waals surface area contributed by atoms with Crippen molar-refractivity contribution in [2.24, 2.45) is 0 Å². The Labute approximate surface area is 135 Å². The average molecular weight is 310 g/mol. The standard InChI is InChI=1S/C14H24B2O6/c1-3-5-7-18-9-10-11(19-8-6-4-2)12(21-15)13(22-16)14(17)20-10/h10-13H,3-9H2,1-2H3/t10-,11-,12+,13-/m1/s1. The molecule has 0 bridgehead atoms. The first-order valence-corrected chi connectivity index (χ1v) is 7.80. The van der Waals surface area contributed by atoms with Crippen LogP contribution in [0.25, 0.3) is 0 Å². The fourth-order valence-corrected chi connectivity index (χ4v) is 2.22. The predicted octanol–water partition coefficient (Wildman–Crippen LogP) is 0.851. The Morgan fingerprint density at radius 2 is 1.73 bits per heavy atom. The maximum absolute atomic E-state index is 11.9. The van der Waals surface area contributed by atoms with E-state index in [4.69, 9.17) is 35.0 Å². The molecule has 22 heavy (non-hydrogen) atoms. The molecule has 4 atom stereocenters. The van der Waals surface area contributed by atoms with Crippen LogP contribution >= 0.6 is 0 Å². The number of ether oxygens (including phenoxy) is 3. The zero-order chi connectivity index (χ0) is 16.4. The second-order valence-corrected chi connectivity index (χ2v) is 5.25. The second-order valence-electron chi connectivity index (χ2n) is 5.25. The SMILES string of the molecule is [B]O[C@H]1[C@H](OCCCC)[C@@H](COCCCC)OC(=O)[C@@H]1O[B]. The Bertz CT molecular complexity index is 318. The average Bonchev–Trinajstić information content (AvgIpc) is 2.52. The molecule has 1 aliphatic rings. The summed E-state index contributed by atoms with van der Waals surface area (Å²) in [4.78, 5) is 11.9. The van der Waals surface area contributed by atoms with Gasteiger partial charge in [0.15, 0.2) is 12.2 Å². The Hall–Kier alpha value is -0.560. The molecule has 0 spiro atoms. The summed E-state index contributed by atoms with van der Waals surface area (Å²) in [7, 11) is 10.4. The number of carbonyl (C=O) groups is 1. The van der Waals surface area contributed by atoms with E-state index in [-0.39, 0.29) is 6.61 Å². The van der Waals surface area contributed by atoms with Crippen molar-refractivity contribution in [1.29, 1.82) is 0 Å². The molecule has 0 amide bonds. The second kappa shape index (κ2) is 11.0. The molecular weight excluding hydrogens is 286 g/mol. The van der Waals surface area contributed by atoms with Crippen LogP contribution in [0.3, 0.4) is 0 Å². The molecule has 6 nitrogen and oxygen atoms in total. The first-order chi connectivity index (χ1) is 10.7. The smallest absolute Gasteiger partial charge is 0.336 e. The number of hydrogen-bond donors (Lipinski definition) is 0. The van der Waals surface area contributed by atoms with Crippen molar-refractivity contribution in [2.75, 3.05) is 19.8 Å². The van der Waals surface area contributed by atoms with Crippen molar-refractivity contribution in [3.05, 3.63) is 0 Å². The van der Waals surface area contributed by atoms with E-state index in [0.717, 1.165) is 25.7 Å². The van der Waals surface area contributed by atoms with Crippen LogP contribution in [0.4, 0.5) is 0 Å². The summed E-state index contributed by atoms with van der Waals surface area (Å²) < 4.78 is 26.1. The van der Waals surface area contributed by atoms with Gasteiger partial charge < -0.3 is 23.5 Å². The van der Waals surface area contributed by atoms with E-state index in [2.05, 4.69) is 18.5 Å². The molecule has 0 unspecified atom stereocenters. The summed E-state index contributed by atoms with van der Waals surface area (Å²) in [6.07, 6.45) is 0.706. The minimum atomic E-state index is -1.11. The van der Waals surface area contributed by atoms with Gasteiger partial charge in [-0.15, -0.1) is 0 Å². The lowest BCUT2D eigenvalue weighted by molar-refractivity contribution is -0.209. The van der Waals surface area contributed by atoms with Crippen LogP contribution < -0.4 is 0 Å². The van der Waals surface area contributed by atoms with Crippen molar-refractivity contribution >= 4 is 22.1 Å². The van der Waals surface area contributed by atoms with Crippen LogP contribution in [0.5, 0.6) is 0 Å². The quantitative estimate of drug-likeness (QED) is 0.320. The van der Waals surface area contributed by atoms with Crippen molar-refractivity contribution in [3.63, 3.8) is 0 Å². The third-order valence-electron chi connectivity index (χ3n) is 3.52. The Balaban J connectivity index is 2.69. The van der Waals surface area contributed by atoms with Crippen LogP contribution in [-0.2, 0) is 28.3 Å². The van der Waals surface area contributed by atoms with E-state index in [1.54, 1.807) is 0 Å². The van der Waals surface area contributed by atoms with Gasteiger partial charge in [-0.1, -0.05) is 26.7 Å². The van der Waals surface area contributed by atoms with Crippen molar-refractivity contribution in [2.45, 2.75) is 63.9 Å². The van der Waals surface area contributed by atoms with Gasteiger partial charge in [0.1, 0.15) is 12.2 Å². The fourth-order valence-electron chi connectivity index (χ4n) is 2.22. The van der Waals surface area contributed by atoms with Gasteiger partial charge in [0.25, 0.3) is 16.1 Å². The molecular formula is C14H24B2O6. The van der Waals surface area contributed by atoms with Gasteiger partial charge in [0.2, 0.25) is 0 Å². The maximum Gasteiger partial charge on any atom is 0.336 e. The lowest BCUT2D eigenvalue weighted by Gasteiger charge is -2.40. The molecule has 1 rings (SSSR count). The topological polar surface area (TPSA) is 63.2 Å². The lowest BCUT2D eigenvalue weighted by Crippen LogP contribution is -2.59. The highest BCUT2D eigenvalue weighted by Gasteiger charge is 2.46. The summed E-state index contributed by atoms with van der Waals surface area (Å²) in [5.74, 6) is -0.627. The highest BCUT2D eigenvalue weighted by molar-refractivity contribution is 6.00. The highest BCUT2D eigenvalue weighted by Crippen LogP contribution is 2.24. The molecule has 0 aliphatic carbocycles. The monoisotopic (exact) mass is 310 g/mol. The van der Waals surface area contributed by atoms with Crippen molar-refractivity contribution in [3.8, 4) is 0 Å². The normalized spacial score (nSPS) is 28.5. The molecule has 4 radical (unpaired) electrons. The first-order valence-electron chi connectivity index (χ1n) is 7.80. The lowest BCUT2D eigenvalue weighted by atomic mass is 9.98. The number of unbranched alkanes of at least 4 members (excludes halogenated alkanes) is 2. The molecule has 0 aromatic heterocycles. The number of esters is 1. The summed E-state index contributed by atoms with van der Waals surface area (Å²) in [6, 6.07) is 0. The zero-order valence-corrected chi connectivity index (χ0v) is 13.4. The number of rotatable bonds is 11. The van der Waals surface area contributed by atoms with Gasteiger partial charge in [-0.25, -0.2) is 4.79 Å². The van der Waals surface area contributed by atoms with Crippen LogP contribution in [0, 0.1) is 0 Å². The predicted molar refractivity (Wildman–Crippen MR) is 81.5 cm³/mol. The van der Waals surface area contributed by atoms with E-state index in [9.17, 15) is 4.79 Å². The Morgan fingerprint density at radius 1 is 1.05 bits per heavy atom. The van der Waals surface area contributed by atoms with Gasteiger partial charge in [-0.05, 0) is 12.8 Å². The largest absolute Gasteiger partial charge is 0.455 e. The molecule has 1 heterocycles. The minimum absolute atomic E-state index is 0.222. The summed E-state index contributed by atoms with van der Waals surface area (Å²) >= 11 is 0. The molecule has 0 aromatic carbocycles. The minimum Gasteiger partial charge on any atom is -0.455 e. The molecule has 122 valence electrons. The summed E-state index contributed by atoms with van der Waals surface area (Å²) in [5, 5.41) is 0. The molecule has 0 N–H and O–H groups in total. The first kappa shape index (κ1) is 19.5. The fraction of sp³-hybridized carbons (Fsp3) is 0.929. The van der Waals surface area contributed by atoms with E-state index in [0.29, 0.717) is 13.2 Å². The van der Waals surface area contributed by atoms with E-state index < -0.39 is 30.4 Å². The molecule has 1 saturated heterocycles. The van der Waals surface area contributed by atoms with Gasteiger partial charge in [-0.3, -0.25) is 0 Å². The van der Waals surface area contributed by atoms with Crippen LogP contribution in [0.15, 0.2) is 0 Å². The number of cyclic esters (lactones) is 1. The number of carbonyl (C=O) groups excluding carboxylic acids is 1. The molecule has 8 heteroatoms. The zero-order valence-electron chi connectivity index (χ0n) is 13.4. The maximum atomic E-state index is 11.9. The van der Waals surface area contributed by atoms with E-state index in [1.807, 2.05) is 0 Å². The van der Waals surface area contributed by atoms with Crippen LogP contribution in [0.1, 0.15) is 39.5 Å². The molecule has 0 saturated carbocycles. The third-order valence-corrected chi connectivity index (χ3v) is 3.52. The Morgan fingerprint density at radius 3 is 2.32 bits per heavy atom.